The molecule has 0 N–H and O–H groups in total. The molecule has 1 aliphatic rings. The van der Waals surface area contributed by atoms with Gasteiger partial charge in [0.2, 0.25) is 0 Å². The van der Waals surface area contributed by atoms with Gasteiger partial charge in [0.1, 0.15) is 5.41 Å². The zero-order valence-electron chi connectivity index (χ0n) is 10.8. The van der Waals surface area contributed by atoms with Gasteiger partial charge in [-0.1, -0.05) is 48.5 Å². The minimum Gasteiger partial charge on any atom is -0.465 e. The predicted octanol–water partition coefficient (Wildman–Crippen LogP) is 3.60. The number of carbonyl (C=O) groups excluding carboxylic acids is 1. The first-order chi connectivity index (χ1) is 9.28. The second-order valence-corrected chi connectivity index (χ2v) is 4.99. The van der Waals surface area contributed by atoms with Gasteiger partial charge in [-0.15, -0.1) is 6.58 Å². The van der Waals surface area contributed by atoms with Crippen LogP contribution >= 0.6 is 0 Å². The fourth-order valence-corrected chi connectivity index (χ4v) is 2.99. The van der Waals surface area contributed by atoms with E-state index in [1.807, 2.05) is 30.3 Å². The Morgan fingerprint density at radius 3 is 2.74 bits per heavy atom. The van der Waals surface area contributed by atoms with Crippen molar-refractivity contribution >= 4 is 16.7 Å². The van der Waals surface area contributed by atoms with Crippen molar-refractivity contribution in [2.24, 2.45) is 0 Å². The molecule has 2 aromatic carbocycles. The van der Waals surface area contributed by atoms with Gasteiger partial charge in [-0.25, -0.2) is 0 Å². The van der Waals surface area contributed by atoms with Gasteiger partial charge < -0.3 is 4.74 Å². The van der Waals surface area contributed by atoms with Crippen molar-refractivity contribution in [1.29, 1.82) is 0 Å². The maximum absolute atomic E-state index is 12.3. The molecular weight excluding hydrogens is 236 g/mol. The van der Waals surface area contributed by atoms with Crippen molar-refractivity contribution in [3.05, 3.63) is 60.7 Å². The Morgan fingerprint density at radius 1 is 1.21 bits per heavy atom. The number of cyclic esters (lactones) is 1. The number of hydrogen-bond acceptors (Lipinski definition) is 2. The van der Waals surface area contributed by atoms with Crippen LogP contribution in [0, 0.1) is 0 Å². The lowest BCUT2D eigenvalue weighted by molar-refractivity contribution is -0.142. The summed E-state index contributed by atoms with van der Waals surface area (Å²) in [7, 11) is 0. The van der Waals surface area contributed by atoms with Gasteiger partial charge in [-0.3, -0.25) is 4.79 Å². The van der Waals surface area contributed by atoms with E-state index in [9.17, 15) is 4.79 Å². The molecule has 1 saturated heterocycles. The number of rotatable bonds is 3. The summed E-state index contributed by atoms with van der Waals surface area (Å²) < 4.78 is 5.24. The number of hydrogen-bond donors (Lipinski definition) is 0. The van der Waals surface area contributed by atoms with E-state index in [1.54, 1.807) is 0 Å². The van der Waals surface area contributed by atoms with E-state index in [0.29, 0.717) is 13.0 Å². The molecule has 1 heterocycles. The zero-order chi connectivity index (χ0) is 13.3. The molecule has 96 valence electrons. The molecule has 2 nitrogen and oxygen atoms in total. The number of fused-ring (bicyclic) bond motifs is 1. The summed E-state index contributed by atoms with van der Waals surface area (Å²) in [4.78, 5) is 12.3. The lowest BCUT2D eigenvalue weighted by Crippen LogP contribution is -2.31. The van der Waals surface area contributed by atoms with Crippen LogP contribution in [0.15, 0.2) is 55.1 Å². The molecule has 0 saturated carbocycles. The van der Waals surface area contributed by atoms with Gasteiger partial charge in [-0.2, -0.15) is 0 Å². The molecule has 0 aliphatic carbocycles. The van der Waals surface area contributed by atoms with Gasteiger partial charge in [0.15, 0.2) is 0 Å². The summed E-state index contributed by atoms with van der Waals surface area (Å²) in [6, 6.07) is 14.3. The monoisotopic (exact) mass is 252 g/mol. The molecule has 0 aromatic heterocycles. The maximum Gasteiger partial charge on any atom is 0.317 e. The molecular formula is C17H16O2. The molecule has 0 radical (unpaired) electrons. The third kappa shape index (κ3) is 1.75. The maximum atomic E-state index is 12.3. The van der Waals surface area contributed by atoms with Crippen LogP contribution in [0.5, 0.6) is 0 Å². The molecule has 19 heavy (non-hydrogen) atoms. The van der Waals surface area contributed by atoms with E-state index in [-0.39, 0.29) is 5.97 Å². The van der Waals surface area contributed by atoms with Crippen LogP contribution in [-0.4, -0.2) is 12.6 Å². The Bertz CT molecular complexity index is 639. The van der Waals surface area contributed by atoms with E-state index in [0.717, 1.165) is 22.8 Å². The van der Waals surface area contributed by atoms with Crippen LogP contribution < -0.4 is 0 Å². The van der Waals surface area contributed by atoms with E-state index in [1.165, 1.54) is 0 Å². The van der Waals surface area contributed by atoms with Crippen molar-refractivity contribution in [2.75, 3.05) is 6.61 Å². The van der Waals surface area contributed by atoms with Crippen LogP contribution in [0.3, 0.4) is 0 Å². The van der Waals surface area contributed by atoms with Crippen molar-refractivity contribution in [3.63, 3.8) is 0 Å². The predicted molar refractivity (Wildman–Crippen MR) is 76.0 cm³/mol. The van der Waals surface area contributed by atoms with Crippen LogP contribution in [0.25, 0.3) is 10.8 Å². The average molecular weight is 252 g/mol. The highest BCUT2D eigenvalue weighted by molar-refractivity contribution is 5.94. The normalized spacial score (nSPS) is 22.4. The molecule has 0 spiro atoms. The first-order valence-electron chi connectivity index (χ1n) is 6.54. The van der Waals surface area contributed by atoms with Crippen molar-refractivity contribution in [3.8, 4) is 0 Å². The summed E-state index contributed by atoms with van der Waals surface area (Å²) in [6.07, 6.45) is 3.17. The molecule has 1 atom stereocenters. The summed E-state index contributed by atoms with van der Waals surface area (Å²) >= 11 is 0. The van der Waals surface area contributed by atoms with Crippen LogP contribution in [0.2, 0.25) is 0 Å². The average Bonchev–Trinajstić information content (AvgIpc) is 2.81. The minimum atomic E-state index is -0.553. The Kier molecular flexibility index (Phi) is 2.86. The van der Waals surface area contributed by atoms with Gasteiger partial charge in [0.25, 0.3) is 0 Å². The van der Waals surface area contributed by atoms with Gasteiger partial charge in [0.05, 0.1) is 6.61 Å². The molecule has 0 unspecified atom stereocenters. The van der Waals surface area contributed by atoms with Crippen molar-refractivity contribution in [1.82, 2.24) is 0 Å². The van der Waals surface area contributed by atoms with Gasteiger partial charge in [0, 0.05) is 6.42 Å². The second-order valence-electron chi connectivity index (χ2n) is 4.99. The molecule has 1 aliphatic heterocycles. The Labute approximate surface area is 112 Å². The molecule has 3 rings (SSSR count). The smallest absolute Gasteiger partial charge is 0.317 e. The lowest BCUT2D eigenvalue weighted by atomic mass is 9.74. The van der Waals surface area contributed by atoms with Crippen molar-refractivity contribution < 1.29 is 9.53 Å². The van der Waals surface area contributed by atoms with Crippen LogP contribution in [-0.2, 0) is 14.9 Å². The van der Waals surface area contributed by atoms with E-state index in [2.05, 4.69) is 24.8 Å². The highest BCUT2D eigenvalue weighted by Gasteiger charge is 2.45. The standard InChI is InChI=1S/C17H16O2/c1-2-10-17(11-12-19-16(17)18)15-9-5-7-13-6-3-4-8-14(13)15/h2-9H,1,10-12H2/t17-/m1/s1. The minimum absolute atomic E-state index is 0.122. The van der Waals surface area contributed by atoms with Gasteiger partial charge >= 0.3 is 5.97 Å². The number of carbonyl (C=O) groups is 1. The summed E-state index contributed by atoms with van der Waals surface area (Å²) in [5, 5.41) is 2.29. The molecule has 0 bridgehead atoms. The highest BCUT2D eigenvalue weighted by Crippen LogP contribution is 2.41. The Hall–Kier alpha value is -2.09. The summed E-state index contributed by atoms with van der Waals surface area (Å²) in [6.45, 7) is 4.30. The lowest BCUT2D eigenvalue weighted by Gasteiger charge is -2.25. The first kappa shape index (κ1) is 12.0. The fraction of sp³-hybridized carbons (Fsp3) is 0.235. The molecule has 0 amide bonds. The van der Waals surface area contributed by atoms with Crippen molar-refractivity contribution in [2.45, 2.75) is 18.3 Å². The van der Waals surface area contributed by atoms with E-state index >= 15 is 0 Å². The third-order valence-corrected chi connectivity index (χ3v) is 3.95. The first-order valence-corrected chi connectivity index (χ1v) is 6.54. The topological polar surface area (TPSA) is 26.3 Å². The molecule has 1 fully saturated rings. The number of ether oxygens (including phenoxy) is 1. The third-order valence-electron chi connectivity index (χ3n) is 3.95. The Balaban J connectivity index is 2.26. The molecule has 2 heteroatoms. The summed E-state index contributed by atoms with van der Waals surface area (Å²) in [5.74, 6) is -0.122. The number of benzene rings is 2. The SMILES string of the molecule is C=CC[C@]1(c2cccc3ccccc23)CCOC1=O. The number of esters is 1. The quantitative estimate of drug-likeness (QED) is 0.616. The largest absolute Gasteiger partial charge is 0.465 e. The second kappa shape index (κ2) is 4.54. The highest BCUT2D eigenvalue weighted by atomic mass is 16.5. The van der Waals surface area contributed by atoms with Crippen LogP contribution in [0.1, 0.15) is 18.4 Å². The Morgan fingerprint density at radius 2 is 2.00 bits per heavy atom. The van der Waals surface area contributed by atoms with E-state index in [4.69, 9.17) is 4.74 Å². The molecule has 2 aromatic rings. The van der Waals surface area contributed by atoms with E-state index < -0.39 is 5.41 Å². The number of allylic oxidation sites excluding steroid dienone is 1. The summed E-state index contributed by atoms with van der Waals surface area (Å²) in [5.41, 5.74) is 0.510. The zero-order valence-corrected chi connectivity index (χ0v) is 10.8. The van der Waals surface area contributed by atoms with Gasteiger partial charge in [-0.05, 0) is 22.8 Å². The van der Waals surface area contributed by atoms with Crippen LogP contribution in [0.4, 0.5) is 0 Å². The fourth-order valence-electron chi connectivity index (χ4n) is 2.99.